The number of hydrogen-bond acceptors (Lipinski definition) is 1. The third-order valence-electron chi connectivity index (χ3n) is 1.55. The fourth-order valence-corrected chi connectivity index (χ4v) is 1.15. The number of aliphatic carboxylic acids is 1. The molecule has 0 aliphatic rings. The lowest BCUT2D eigenvalue weighted by Gasteiger charge is -2.27. The van der Waals surface area contributed by atoms with E-state index in [1.54, 1.807) is 6.08 Å². The Bertz CT molecular complexity index is 170. The van der Waals surface area contributed by atoms with Crippen molar-refractivity contribution in [3.63, 3.8) is 0 Å². The van der Waals surface area contributed by atoms with Crippen molar-refractivity contribution in [2.45, 2.75) is 6.42 Å². The average Bonchev–Trinajstić information content (AvgIpc) is 1.82. The summed E-state index contributed by atoms with van der Waals surface area (Å²) in [6.07, 6.45) is 1.90. The van der Waals surface area contributed by atoms with Crippen LogP contribution in [0.15, 0.2) is 12.7 Å². The second kappa shape index (κ2) is 4.26. The zero-order valence-electron chi connectivity index (χ0n) is 8.08. The van der Waals surface area contributed by atoms with Gasteiger partial charge in [0, 0.05) is 5.92 Å². The van der Waals surface area contributed by atoms with Crippen LogP contribution in [0.5, 0.6) is 0 Å². The molecule has 0 aromatic carbocycles. The van der Waals surface area contributed by atoms with Gasteiger partial charge in [0.25, 0.3) is 0 Å². The molecule has 0 heterocycles. The molecule has 1 N–H and O–H groups in total. The smallest absolute Gasteiger partial charge is 0.304 e. The van der Waals surface area contributed by atoms with Gasteiger partial charge in [-0.2, -0.15) is 0 Å². The van der Waals surface area contributed by atoms with E-state index in [0.29, 0.717) is 0 Å². The van der Waals surface area contributed by atoms with E-state index >= 15 is 0 Å². The number of rotatable bonds is 5. The third-order valence-corrected chi connectivity index (χ3v) is 1.55. The van der Waals surface area contributed by atoms with E-state index in [9.17, 15) is 4.79 Å². The highest BCUT2D eigenvalue weighted by Crippen LogP contribution is 2.08. The molecule has 0 aromatic heterocycles. The summed E-state index contributed by atoms with van der Waals surface area (Å²) in [6.45, 7) is 4.44. The molecule has 0 bridgehead atoms. The van der Waals surface area contributed by atoms with Crippen LogP contribution in [0, 0.1) is 5.92 Å². The first kappa shape index (κ1) is 11.2. The molecule has 3 heteroatoms. The maximum atomic E-state index is 10.4. The monoisotopic (exact) mass is 172 g/mol. The molecular formula is C9H18NO2+. The minimum atomic E-state index is -0.756. The first-order valence-electron chi connectivity index (χ1n) is 4.00. The molecule has 0 fully saturated rings. The molecule has 0 saturated carbocycles. The van der Waals surface area contributed by atoms with E-state index in [2.05, 4.69) is 6.58 Å². The molecule has 0 aliphatic heterocycles. The molecule has 0 unspecified atom stereocenters. The SMILES string of the molecule is C=C[C@H](CC(=O)O)C[N+](C)(C)C. The Balaban J connectivity index is 4.00. The Hall–Kier alpha value is -0.830. The van der Waals surface area contributed by atoms with Gasteiger partial charge in [0.2, 0.25) is 0 Å². The summed E-state index contributed by atoms with van der Waals surface area (Å²) in [7, 11) is 6.12. The molecular weight excluding hydrogens is 154 g/mol. The van der Waals surface area contributed by atoms with Crippen molar-refractivity contribution in [1.29, 1.82) is 0 Å². The lowest BCUT2D eigenvalue weighted by molar-refractivity contribution is -0.873. The molecule has 1 atom stereocenters. The Morgan fingerprint density at radius 2 is 2.08 bits per heavy atom. The number of carbonyl (C=O) groups is 1. The van der Waals surface area contributed by atoms with Crippen LogP contribution in [-0.2, 0) is 4.79 Å². The average molecular weight is 172 g/mol. The maximum Gasteiger partial charge on any atom is 0.304 e. The van der Waals surface area contributed by atoms with Crippen LogP contribution in [0.3, 0.4) is 0 Å². The zero-order valence-corrected chi connectivity index (χ0v) is 8.08. The van der Waals surface area contributed by atoms with Gasteiger partial charge in [0.15, 0.2) is 0 Å². The Labute approximate surface area is 73.9 Å². The molecule has 0 aliphatic carbocycles. The standard InChI is InChI=1S/C9H17NO2/c1-5-8(6-9(11)12)7-10(2,3)4/h5,8H,1,6-7H2,2-4H3/p+1/t8-/m1/s1. The lowest BCUT2D eigenvalue weighted by atomic mass is 10.1. The summed E-state index contributed by atoms with van der Waals surface area (Å²) in [5, 5.41) is 8.56. The van der Waals surface area contributed by atoms with E-state index in [1.807, 2.05) is 21.1 Å². The van der Waals surface area contributed by atoms with Crippen molar-refractivity contribution in [3.05, 3.63) is 12.7 Å². The van der Waals surface area contributed by atoms with Crippen LogP contribution in [0.1, 0.15) is 6.42 Å². The van der Waals surface area contributed by atoms with Gasteiger partial charge in [-0.25, -0.2) is 0 Å². The van der Waals surface area contributed by atoms with Gasteiger partial charge in [-0.05, 0) is 0 Å². The van der Waals surface area contributed by atoms with Gasteiger partial charge in [-0.3, -0.25) is 4.79 Å². The molecule has 0 amide bonds. The predicted molar refractivity (Wildman–Crippen MR) is 48.8 cm³/mol. The number of carboxylic acids is 1. The molecule has 12 heavy (non-hydrogen) atoms. The third kappa shape index (κ3) is 5.92. The Morgan fingerprint density at radius 3 is 2.33 bits per heavy atom. The van der Waals surface area contributed by atoms with Gasteiger partial charge >= 0.3 is 5.97 Å². The Kier molecular flexibility index (Phi) is 3.96. The van der Waals surface area contributed by atoms with Crippen LogP contribution in [-0.4, -0.2) is 43.2 Å². The van der Waals surface area contributed by atoms with Crippen molar-refractivity contribution in [2.75, 3.05) is 27.7 Å². The van der Waals surface area contributed by atoms with Gasteiger partial charge in [0.05, 0.1) is 34.1 Å². The van der Waals surface area contributed by atoms with Crippen LogP contribution >= 0.6 is 0 Å². The quantitative estimate of drug-likeness (QED) is 0.495. The zero-order chi connectivity index (χ0) is 9.78. The van der Waals surface area contributed by atoms with Crippen LogP contribution in [0.4, 0.5) is 0 Å². The summed E-state index contributed by atoms with van der Waals surface area (Å²) in [5.41, 5.74) is 0. The van der Waals surface area contributed by atoms with E-state index in [-0.39, 0.29) is 12.3 Å². The lowest BCUT2D eigenvalue weighted by Crippen LogP contribution is -2.39. The van der Waals surface area contributed by atoms with Crippen LogP contribution < -0.4 is 0 Å². The highest BCUT2D eigenvalue weighted by atomic mass is 16.4. The fraction of sp³-hybridized carbons (Fsp3) is 0.667. The summed E-state index contributed by atoms with van der Waals surface area (Å²) in [4.78, 5) is 10.4. The second-order valence-corrected chi connectivity index (χ2v) is 4.07. The van der Waals surface area contributed by atoms with Gasteiger partial charge in [-0.1, -0.05) is 6.08 Å². The van der Waals surface area contributed by atoms with Crippen molar-refractivity contribution >= 4 is 5.97 Å². The molecule has 70 valence electrons. The van der Waals surface area contributed by atoms with E-state index in [4.69, 9.17) is 5.11 Å². The van der Waals surface area contributed by atoms with E-state index in [1.165, 1.54) is 0 Å². The normalized spacial score (nSPS) is 13.9. The summed E-state index contributed by atoms with van der Waals surface area (Å²) >= 11 is 0. The van der Waals surface area contributed by atoms with Crippen LogP contribution in [0.25, 0.3) is 0 Å². The number of nitrogens with zero attached hydrogens (tertiary/aromatic N) is 1. The van der Waals surface area contributed by atoms with Crippen molar-refractivity contribution in [1.82, 2.24) is 0 Å². The Morgan fingerprint density at radius 1 is 1.58 bits per heavy atom. The first-order valence-corrected chi connectivity index (χ1v) is 4.00. The van der Waals surface area contributed by atoms with E-state index < -0.39 is 5.97 Å². The summed E-state index contributed by atoms with van der Waals surface area (Å²) in [6, 6.07) is 0. The van der Waals surface area contributed by atoms with Crippen molar-refractivity contribution in [3.8, 4) is 0 Å². The molecule has 0 spiro atoms. The minimum absolute atomic E-state index is 0.0718. The van der Waals surface area contributed by atoms with E-state index in [0.717, 1.165) is 11.0 Å². The number of quaternary nitrogens is 1. The second-order valence-electron chi connectivity index (χ2n) is 4.07. The fourth-order valence-electron chi connectivity index (χ4n) is 1.15. The number of hydrogen-bond donors (Lipinski definition) is 1. The first-order chi connectivity index (χ1) is 5.35. The molecule has 0 aromatic rings. The van der Waals surface area contributed by atoms with Crippen LogP contribution in [0.2, 0.25) is 0 Å². The molecule has 0 saturated heterocycles. The molecule has 3 nitrogen and oxygen atoms in total. The van der Waals surface area contributed by atoms with Gasteiger partial charge in [0.1, 0.15) is 0 Å². The van der Waals surface area contributed by atoms with Gasteiger partial charge in [-0.15, -0.1) is 6.58 Å². The molecule has 0 rings (SSSR count). The highest BCUT2D eigenvalue weighted by molar-refractivity contribution is 5.67. The van der Waals surface area contributed by atoms with Gasteiger partial charge < -0.3 is 9.59 Å². The largest absolute Gasteiger partial charge is 0.481 e. The summed E-state index contributed by atoms with van der Waals surface area (Å²) in [5.74, 6) is -0.684. The minimum Gasteiger partial charge on any atom is -0.481 e. The molecule has 0 radical (unpaired) electrons. The topological polar surface area (TPSA) is 37.3 Å². The van der Waals surface area contributed by atoms with Crippen molar-refractivity contribution in [2.24, 2.45) is 5.92 Å². The highest BCUT2D eigenvalue weighted by Gasteiger charge is 2.17. The maximum absolute atomic E-state index is 10.4. The number of carboxylic acid groups (broad SMARTS) is 1. The predicted octanol–water partition coefficient (Wildman–Crippen LogP) is 0.970. The summed E-state index contributed by atoms with van der Waals surface area (Å²) < 4.78 is 0.768. The van der Waals surface area contributed by atoms with Crippen molar-refractivity contribution < 1.29 is 14.4 Å².